The highest BCUT2D eigenvalue weighted by Gasteiger charge is 2.21. The third-order valence-corrected chi connectivity index (χ3v) is 7.26. The van der Waals surface area contributed by atoms with Gasteiger partial charge in [0.25, 0.3) is 0 Å². The van der Waals surface area contributed by atoms with E-state index in [9.17, 15) is 13.2 Å². The lowest BCUT2D eigenvalue weighted by atomic mass is 10.1. The van der Waals surface area contributed by atoms with Gasteiger partial charge < -0.3 is 14.2 Å². The van der Waals surface area contributed by atoms with Gasteiger partial charge in [0.2, 0.25) is 9.84 Å². The van der Waals surface area contributed by atoms with Crippen LogP contribution in [0.3, 0.4) is 0 Å². The smallest absolute Gasteiger partial charge is 0.303 e. The molecule has 0 amide bonds. The lowest BCUT2D eigenvalue weighted by Crippen LogP contribution is -2.25. The van der Waals surface area contributed by atoms with Gasteiger partial charge >= 0.3 is 5.97 Å². The van der Waals surface area contributed by atoms with E-state index in [0.29, 0.717) is 18.3 Å². The van der Waals surface area contributed by atoms with Gasteiger partial charge in [0, 0.05) is 6.92 Å². The second kappa shape index (κ2) is 12.0. The quantitative estimate of drug-likeness (QED) is 0.273. The molecule has 10 heteroatoms. The minimum Gasteiger partial charge on any atom is -0.492 e. The van der Waals surface area contributed by atoms with Crippen LogP contribution in [0.4, 0.5) is 0 Å². The van der Waals surface area contributed by atoms with Gasteiger partial charge in [-0.15, -0.1) is 11.6 Å². The van der Waals surface area contributed by atoms with Gasteiger partial charge in [-0.25, -0.2) is 8.42 Å². The maximum absolute atomic E-state index is 13.0. The van der Waals surface area contributed by atoms with E-state index in [-0.39, 0.29) is 38.1 Å². The molecule has 0 saturated heterocycles. The molecule has 6 nitrogen and oxygen atoms in total. The van der Waals surface area contributed by atoms with Gasteiger partial charge in [0.1, 0.15) is 24.2 Å². The zero-order valence-corrected chi connectivity index (χ0v) is 21.0. The maximum Gasteiger partial charge on any atom is 0.303 e. The van der Waals surface area contributed by atoms with Crippen molar-refractivity contribution in [2.45, 2.75) is 43.1 Å². The molecule has 0 radical (unpaired) electrons. The summed E-state index contributed by atoms with van der Waals surface area (Å²) in [6, 6.07) is 8.42. The van der Waals surface area contributed by atoms with Crippen molar-refractivity contribution < 1.29 is 27.4 Å². The van der Waals surface area contributed by atoms with Gasteiger partial charge in [0.15, 0.2) is 0 Å². The molecule has 32 heavy (non-hydrogen) atoms. The minimum absolute atomic E-state index is 0.0141. The van der Waals surface area contributed by atoms with Crippen LogP contribution < -0.4 is 9.47 Å². The maximum atomic E-state index is 13.0. The second-order valence-electron chi connectivity index (χ2n) is 7.21. The minimum atomic E-state index is -3.88. The number of sulfone groups is 1. The monoisotopic (exact) mass is 522 g/mol. The van der Waals surface area contributed by atoms with E-state index in [0.717, 1.165) is 6.42 Å². The molecule has 0 aliphatic carbocycles. The molecule has 0 fully saturated rings. The first-order chi connectivity index (χ1) is 15.1. The molecular formula is C22H25Cl3O6S. The van der Waals surface area contributed by atoms with Crippen LogP contribution in [0, 0.1) is 5.92 Å². The van der Waals surface area contributed by atoms with Crippen molar-refractivity contribution >= 4 is 50.6 Å². The van der Waals surface area contributed by atoms with Crippen molar-refractivity contribution in [3.05, 3.63) is 46.4 Å². The third kappa shape index (κ3) is 7.17. The van der Waals surface area contributed by atoms with E-state index in [2.05, 4.69) is 13.8 Å². The number of ether oxygens (including phenoxy) is 3. The lowest BCUT2D eigenvalue weighted by Gasteiger charge is -2.16. The summed E-state index contributed by atoms with van der Waals surface area (Å²) in [5, 5.41) is 0.292. The van der Waals surface area contributed by atoms with Crippen molar-refractivity contribution in [2.75, 3.05) is 19.1 Å². The van der Waals surface area contributed by atoms with Crippen molar-refractivity contribution in [1.29, 1.82) is 0 Å². The molecule has 2 aromatic carbocycles. The van der Waals surface area contributed by atoms with E-state index in [4.69, 9.17) is 49.0 Å². The highest BCUT2D eigenvalue weighted by Crippen LogP contribution is 2.33. The van der Waals surface area contributed by atoms with E-state index in [1.165, 1.54) is 43.3 Å². The Balaban J connectivity index is 2.17. The zero-order chi connectivity index (χ0) is 23.9. The number of carbonyl (C=O) groups is 1. The van der Waals surface area contributed by atoms with Crippen LogP contribution in [-0.2, 0) is 19.4 Å². The zero-order valence-electron chi connectivity index (χ0n) is 17.9. The van der Waals surface area contributed by atoms with Gasteiger partial charge in [-0.05, 0) is 42.3 Å². The predicted molar refractivity (Wildman–Crippen MR) is 125 cm³/mol. The standard InChI is InChI=1S/C22H25Cl3O6S/c1-4-14(2)12-29-21-7-5-17(9-19(21)24)32(27,28)18-6-8-22(20(25)10-18)30-13-16(11-23)31-15(3)26/h5-10,14,16H,4,11-13H2,1-3H3/t14-,16-/m1/s1. The van der Waals surface area contributed by atoms with Crippen LogP contribution in [0.25, 0.3) is 0 Å². The predicted octanol–water partition coefficient (Wildman–Crippen LogP) is 5.80. The van der Waals surface area contributed by atoms with E-state index < -0.39 is 21.9 Å². The Labute approximate surface area is 203 Å². The summed E-state index contributed by atoms with van der Waals surface area (Å²) >= 11 is 18.2. The molecule has 0 bridgehead atoms. The van der Waals surface area contributed by atoms with Crippen LogP contribution in [-0.4, -0.2) is 39.6 Å². The van der Waals surface area contributed by atoms with Gasteiger partial charge in [0.05, 0.1) is 32.3 Å². The van der Waals surface area contributed by atoms with E-state index in [1.54, 1.807) is 0 Å². The fourth-order valence-electron chi connectivity index (χ4n) is 2.55. The second-order valence-corrected chi connectivity index (χ2v) is 10.3. The average molecular weight is 524 g/mol. The Hall–Kier alpha value is -1.67. The van der Waals surface area contributed by atoms with E-state index >= 15 is 0 Å². The molecule has 0 aliphatic rings. The number of esters is 1. The normalized spacial score (nSPS) is 13.3. The van der Waals surface area contributed by atoms with Crippen LogP contribution in [0.2, 0.25) is 10.0 Å². The molecular weight excluding hydrogens is 499 g/mol. The highest BCUT2D eigenvalue weighted by molar-refractivity contribution is 7.91. The number of hydrogen-bond acceptors (Lipinski definition) is 6. The Morgan fingerprint density at radius 1 is 0.969 bits per heavy atom. The largest absolute Gasteiger partial charge is 0.492 e. The summed E-state index contributed by atoms with van der Waals surface area (Å²) in [6.45, 7) is 5.84. The molecule has 0 N–H and O–H groups in total. The molecule has 0 unspecified atom stereocenters. The number of hydrogen-bond donors (Lipinski definition) is 0. The lowest BCUT2D eigenvalue weighted by molar-refractivity contribution is -0.146. The molecule has 2 aromatic rings. The summed E-state index contributed by atoms with van der Waals surface area (Å²) in [6.07, 6.45) is 0.303. The van der Waals surface area contributed by atoms with Crippen molar-refractivity contribution in [2.24, 2.45) is 5.92 Å². The first-order valence-electron chi connectivity index (χ1n) is 9.91. The van der Waals surface area contributed by atoms with Gasteiger partial charge in [-0.3, -0.25) is 4.79 Å². The van der Waals surface area contributed by atoms with Crippen molar-refractivity contribution in [3.8, 4) is 11.5 Å². The molecule has 0 saturated carbocycles. The fourth-order valence-corrected chi connectivity index (χ4v) is 4.61. The number of rotatable bonds is 11. The molecule has 2 rings (SSSR count). The molecule has 0 spiro atoms. The van der Waals surface area contributed by atoms with Crippen LogP contribution in [0.5, 0.6) is 11.5 Å². The summed E-state index contributed by atoms with van der Waals surface area (Å²) in [7, 11) is -3.88. The van der Waals surface area contributed by atoms with Crippen LogP contribution in [0.1, 0.15) is 27.2 Å². The molecule has 0 heterocycles. The van der Waals surface area contributed by atoms with Crippen LogP contribution >= 0.6 is 34.8 Å². The molecule has 0 aromatic heterocycles. The van der Waals surface area contributed by atoms with Crippen molar-refractivity contribution in [1.82, 2.24) is 0 Å². The SMILES string of the molecule is CC[C@@H](C)COc1ccc(S(=O)(=O)c2ccc(OC[C@@H](CCl)OC(C)=O)c(Cl)c2)cc1Cl. The first kappa shape index (κ1) is 26.6. The molecule has 2 atom stereocenters. The number of halogens is 3. The number of alkyl halides is 1. The Morgan fingerprint density at radius 2 is 1.47 bits per heavy atom. The first-order valence-corrected chi connectivity index (χ1v) is 12.7. The summed E-state index contributed by atoms with van der Waals surface area (Å²) in [4.78, 5) is 11.1. The third-order valence-electron chi connectivity index (χ3n) is 4.58. The summed E-state index contributed by atoms with van der Waals surface area (Å²) in [5.74, 6) is 0.573. The Bertz CT molecular complexity index is 1040. The Kier molecular flexibility index (Phi) is 9.95. The topological polar surface area (TPSA) is 78.9 Å². The average Bonchev–Trinajstić information content (AvgIpc) is 2.75. The van der Waals surface area contributed by atoms with Crippen LogP contribution in [0.15, 0.2) is 46.2 Å². The Morgan fingerprint density at radius 3 is 1.88 bits per heavy atom. The summed E-state index contributed by atoms with van der Waals surface area (Å²) < 4.78 is 42.3. The fraction of sp³-hybridized carbons (Fsp3) is 0.409. The van der Waals surface area contributed by atoms with Gasteiger partial charge in [-0.2, -0.15) is 0 Å². The van der Waals surface area contributed by atoms with Crippen molar-refractivity contribution in [3.63, 3.8) is 0 Å². The molecule has 176 valence electrons. The highest BCUT2D eigenvalue weighted by atomic mass is 35.5. The van der Waals surface area contributed by atoms with E-state index in [1.807, 2.05) is 0 Å². The summed E-state index contributed by atoms with van der Waals surface area (Å²) in [5.41, 5.74) is 0. The number of benzene rings is 2. The molecule has 0 aliphatic heterocycles. The number of carbonyl (C=O) groups excluding carboxylic acids is 1. The van der Waals surface area contributed by atoms with Gasteiger partial charge in [-0.1, -0.05) is 43.5 Å².